The minimum absolute atomic E-state index is 0.102. The van der Waals surface area contributed by atoms with Gasteiger partial charge in [-0.3, -0.25) is 4.79 Å². The van der Waals surface area contributed by atoms with Crippen LogP contribution < -0.4 is 10.1 Å². The van der Waals surface area contributed by atoms with Crippen molar-refractivity contribution in [3.05, 3.63) is 26.6 Å². The van der Waals surface area contributed by atoms with Crippen molar-refractivity contribution in [2.45, 2.75) is 20.4 Å². The van der Waals surface area contributed by atoms with E-state index in [0.29, 0.717) is 5.75 Å². The fourth-order valence-electron chi connectivity index (χ4n) is 1.37. The number of carbonyl (C=O) groups is 1. The van der Waals surface area contributed by atoms with Gasteiger partial charge in [0.25, 0.3) is 0 Å². The predicted molar refractivity (Wildman–Crippen MR) is 81.5 cm³/mol. The van der Waals surface area contributed by atoms with Gasteiger partial charge in [0.05, 0.1) is 14.4 Å². The van der Waals surface area contributed by atoms with E-state index in [1.807, 2.05) is 19.2 Å². The van der Waals surface area contributed by atoms with Crippen LogP contribution in [0.3, 0.4) is 0 Å². The molecule has 4 nitrogen and oxygen atoms in total. The van der Waals surface area contributed by atoms with Gasteiger partial charge in [-0.1, -0.05) is 0 Å². The van der Waals surface area contributed by atoms with Crippen molar-refractivity contribution in [1.82, 2.24) is 5.32 Å². The van der Waals surface area contributed by atoms with Crippen LogP contribution in [0.15, 0.2) is 21.1 Å². The quantitative estimate of drug-likeness (QED) is 0.776. The van der Waals surface area contributed by atoms with Crippen LogP contribution in [0.25, 0.3) is 0 Å². The minimum Gasteiger partial charge on any atom is -0.490 e. The molecule has 106 valence electrons. The molecule has 0 aliphatic rings. The third kappa shape index (κ3) is 4.47. The maximum atomic E-state index is 11.0. The van der Waals surface area contributed by atoms with Crippen molar-refractivity contribution in [3.63, 3.8) is 0 Å². The summed E-state index contributed by atoms with van der Waals surface area (Å²) in [5, 5.41) is 12.1. The van der Waals surface area contributed by atoms with E-state index < -0.39 is 11.4 Å². The standard InChI is InChI=1S/C13H17Br2NO3/c1-13(2,12(17)18)7-19-11-9(14)4-8(6-16-3)5-10(11)15/h4-5,16H,6-7H2,1-3H3,(H,17,18). The van der Waals surface area contributed by atoms with Gasteiger partial charge in [-0.05, 0) is 70.5 Å². The average molecular weight is 395 g/mol. The molecule has 2 N–H and O–H groups in total. The van der Waals surface area contributed by atoms with Gasteiger partial charge in [0.15, 0.2) is 0 Å². The molecule has 0 unspecified atom stereocenters. The minimum atomic E-state index is -0.928. The number of halogens is 2. The summed E-state index contributed by atoms with van der Waals surface area (Å²) in [5.41, 5.74) is 0.175. The van der Waals surface area contributed by atoms with Crippen LogP contribution in [-0.2, 0) is 11.3 Å². The van der Waals surface area contributed by atoms with E-state index in [2.05, 4.69) is 37.2 Å². The number of carboxylic acid groups (broad SMARTS) is 1. The van der Waals surface area contributed by atoms with E-state index in [-0.39, 0.29) is 6.61 Å². The Hall–Kier alpha value is -0.590. The highest BCUT2D eigenvalue weighted by molar-refractivity contribution is 9.11. The lowest BCUT2D eigenvalue weighted by molar-refractivity contribution is -0.148. The topological polar surface area (TPSA) is 58.6 Å². The van der Waals surface area contributed by atoms with E-state index in [1.54, 1.807) is 13.8 Å². The zero-order chi connectivity index (χ0) is 14.6. The van der Waals surface area contributed by atoms with Crippen molar-refractivity contribution < 1.29 is 14.6 Å². The van der Waals surface area contributed by atoms with Crippen molar-refractivity contribution in [2.24, 2.45) is 5.41 Å². The van der Waals surface area contributed by atoms with Crippen molar-refractivity contribution in [2.75, 3.05) is 13.7 Å². The molecule has 0 heterocycles. The molecule has 6 heteroatoms. The van der Waals surface area contributed by atoms with Gasteiger partial charge >= 0.3 is 5.97 Å². The van der Waals surface area contributed by atoms with E-state index in [4.69, 9.17) is 9.84 Å². The summed E-state index contributed by atoms with van der Waals surface area (Å²) < 4.78 is 7.23. The molecule has 1 aromatic carbocycles. The lowest BCUT2D eigenvalue weighted by Gasteiger charge is -2.21. The fraction of sp³-hybridized carbons (Fsp3) is 0.462. The maximum absolute atomic E-state index is 11.0. The van der Waals surface area contributed by atoms with Crippen LogP contribution >= 0.6 is 31.9 Å². The Morgan fingerprint density at radius 3 is 2.32 bits per heavy atom. The maximum Gasteiger partial charge on any atom is 0.312 e. The summed E-state index contributed by atoms with van der Waals surface area (Å²) >= 11 is 6.89. The Labute approximate surface area is 129 Å². The molecule has 0 bridgehead atoms. The summed E-state index contributed by atoms with van der Waals surface area (Å²) in [7, 11) is 1.88. The van der Waals surface area contributed by atoms with Gasteiger partial charge in [0.1, 0.15) is 12.4 Å². The molecule has 0 saturated heterocycles. The number of carboxylic acids is 1. The number of ether oxygens (including phenoxy) is 1. The molecule has 0 spiro atoms. The predicted octanol–water partition coefficient (Wildman–Crippen LogP) is 3.42. The van der Waals surface area contributed by atoms with Crippen molar-refractivity contribution in [3.8, 4) is 5.75 Å². The first-order valence-electron chi connectivity index (χ1n) is 5.76. The molecular weight excluding hydrogens is 378 g/mol. The fourth-order valence-corrected chi connectivity index (χ4v) is 2.88. The molecule has 0 saturated carbocycles. The highest BCUT2D eigenvalue weighted by atomic mass is 79.9. The van der Waals surface area contributed by atoms with Gasteiger partial charge in [-0.25, -0.2) is 0 Å². The van der Waals surface area contributed by atoms with Crippen LogP contribution in [0.1, 0.15) is 19.4 Å². The molecule has 0 aliphatic carbocycles. The van der Waals surface area contributed by atoms with Gasteiger partial charge in [-0.2, -0.15) is 0 Å². The van der Waals surface area contributed by atoms with E-state index in [1.165, 1.54) is 0 Å². The second-order valence-corrected chi connectivity index (χ2v) is 6.61. The lowest BCUT2D eigenvalue weighted by atomic mass is 9.95. The molecule has 0 amide bonds. The van der Waals surface area contributed by atoms with Crippen LogP contribution in [0, 0.1) is 5.41 Å². The number of hydrogen-bond donors (Lipinski definition) is 2. The zero-order valence-electron chi connectivity index (χ0n) is 11.1. The number of rotatable bonds is 6. The number of aliphatic carboxylic acids is 1. The largest absolute Gasteiger partial charge is 0.490 e. The molecule has 19 heavy (non-hydrogen) atoms. The monoisotopic (exact) mass is 393 g/mol. The van der Waals surface area contributed by atoms with E-state index >= 15 is 0 Å². The van der Waals surface area contributed by atoms with Crippen molar-refractivity contribution in [1.29, 1.82) is 0 Å². The molecule has 0 radical (unpaired) electrons. The summed E-state index contributed by atoms with van der Waals surface area (Å²) in [6, 6.07) is 3.90. The van der Waals surface area contributed by atoms with Crippen molar-refractivity contribution >= 4 is 37.8 Å². The summed E-state index contributed by atoms with van der Waals surface area (Å²) in [5.74, 6) is -0.263. The number of nitrogens with one attached hydrogen (secondary N) is 1. The SMILES string of the molecule is CNCc1cc(Br)c(OCC(C)(C)C(=O)O)c(Br)c1. The zero-order valence-corrected chi connectivity index (χ0v) is 14.3. The normalized spacial score (nSPS) is 11.4. The molecule has 0 aliphatic heterocycles. The average Bonchev–Trinajstić information content (AvgIpc) is 2.27. The molecule has 0 fully saturated rings. The Balaban J connectivity index is 2.88. The van der Waals surface area contributed by atoms with Gasteiger partial charge in [0, 0.05) is 6.54 Å². The first-order valence-corrected chi connectivity index (χ1v) is 7.35. The molecule has 0 aromatic heterocycles. The summed E-state index contributed by atoms with van der Waals surface area (Å²) in [6.45, 7) is 4.11. The van der Waals surface area contributed by atoms with Gasteiger partial charge in [-0.15, -0.1) is 0 Å². The molecule has 0 atom stereocenters. The van der Waals surface area contributed by atoms with Crippen LogP contribution in [-0.4, -0.2) is 24.7 Å². The van der Waals surface area contributed by atoms with Crippen LogP contribution in [0.5, 0.6) is 5.75 Å². The lowest BCUT2D eigenvalue weighted by Crippen LogP contribution is -2.30. The Bertz CT molecular complexity index is 452. The third-order valence-corrected chi connectivity index (χ3v) is 3.77. The first kappa shape index (κ1) is 16.5. The molecule has 1 aromatic rings. The third-order valence-electron chi connectivity index (χ3n) is 2.60. The molecule has 1 rings (SSSR count). The highest BCUT2D eigenvalue weighted by Gasteiger charge is 2.28. The Morgan fingerprint density at radius 1 is 1.37 bits per heavy atom. The van der Waals surface area contributed by atoms with Gasteiger partial charge in [0.2, 0.25) is 0 Å². The summed E-state index contributed by atoms with van der Waals surface area (Å²) in [6.07, 6.45) is 0. The first-order chi connectivity index (χ1) is 8.77. The summed E-state index contributed by atoms with van der Waals surface area (Å²) in [4.78, 5) is 11.0. The van der Waals surface area contributed by atoms with Crippen LogP contribution in [0.4, 0.5) is 0 Å². The number of benzene rings is 1. The van der Waals surface area contributed by atoms with Crippen LogP contribution in [0.2, 0.25) is 0 Å². The second kappa shape index (κ2) is 6.72. The van der Waals surface area contributed by atoms with E-state index in [9.17, 15) is 4.79 Å². The second-order valence-electron chi connectivity index (χ2n) is 4.90. The number of hydrogen-bond acceptors (Lipinski definition) is 3. The Morgan fingerprint density at radius 2 is 1.89 bits per heavy atom. The Kier molecular flexibility index (Phi) is 5.82. The van der Waals surface area contributed by atoms with E-state index in [0.717, 1.165) is 21.1 Å². The molecular formula is C13H17Br2NO3. The van der Waals surface area contributed by atoms with Gasteiger partial charge < -0.3 is 15.2 Å². The smallest absolute Gasteiger partial charge is 0.312 e. The highest BCUT2D eigenvalue weighted by Crippen LogP contribution is 2.35.